The molecule has 1 atom stereocenters. The van der Waals surface area contributed by atoms with Crippen LogP contribution in [0.15, 0.2) is 72.8 Å². The number of ether oxygens (including phenoxy) is 2. The first-order valence-corrected chi connectivity index (χ1v) is 12.0. The van der Waals surface area contributed by atoms with E-state index in [0.717, 1.165) is 52.5 Å². The van der Waals surface area contributed by atoms with Crippen molar-refractivity contribution in [1.29, 1.82) is 0 Å². The van der Waals surface area contributed by atoms with Crippen LogP contribution in [0.3, 0.4) is 0 Å². The molecule has 4 nitrogen and oxygen atoms in total. The van der Waals surface area contributed by atoms with Gasteiger partial charge in [0.2, 0.25) is 0 Å². The first-order valence-electron chi connectivity index (χ1n) is 12.0. The van der Waals surface area contributed by atoms with Gasteiger partial charge in [-0.2, -0.15) is 0 Å². The summed E-state index contributed by atoms with van der Waals surface area (Å²) in [5.74, 6) is 2.03. The molecular weight excluding hydrogens is 410 g/mol. The highest BCUT2D eigenvalue weighted by atomic mass is 16.5. The normalized spacial score (nSPS) is 18.5. The minimum Gasteiger partial charge on any atom is -0.508 e. The van der Waals surface area contributed by atoms with Gasteiger partial charge in [0.1, 0.15) is 36.5 Å². The van der Waals surface area contributed by atoms with Crippen LogP contribution in [0.4, 0.5) is 0 Å². The van der Waals surface area contributed by atoms with Crippen molar-refractivity contribution in [1.82, 2.24) is 0 Å². The largest absolute Gasteiger partial charge is 0.508 e. The zero-order chi connectivity index (χ0) is 22.6. The van der Waals surface area contributed by atoms with E-state index in [2.05, 4.69) is 25.1 Å². The molecule has 3 aromatic rings. The van der Waals surface area contributed by atoms with Crippen LogP contribution in [-0.2, 0) is 0 Å². The lowest BCUT2D eigenvalue weighted by Crippen LogP contribution is -3.13. The summed E-state index contributed by atoms with van der Waals surface area (Å²) in [4.78, 5) is 1.66. The van der Waals surface area contributed by atoms with E-state index in [1.165, 1.54) is 32.4 Å². The van der Waals surface area contributed by atoms with Gasteiger partial charge in [0, 0.05) is 11.1 Å². The molecule has 2 aliphatic heterocycles. The molecule has 0 amide bonds. The summed E-state index contributed by atoms with van der Waals surface area (Å²) in [5.41, 5.74) is 5.37. The molecule has 5 rings (SSSR count). The van der Waals surface area contributed by atoms with Crippen molar-refractivity contribution in [3.63, 3.8) is 0 Å². The Hall–Kier alpha value is -3.24. The number of rotatable bonds is 6. The molecular formula is C29H32NO3+. The molecule has 33 heavy (non-hydrogen) atoms. The SMILES string of the molecule is CC1=C(c2cccc(O)c2)[C@H](c2ccc(OCC[NH+]3CCCCC3)cc2)Oc2ccccc21. The van der Waals surface area contributed by atoms with Gasteiger partial charge in [-0.05, 0) is 73.2 Å². The van der Waals surface area contributed by atoms with Crippen LogP contribution in [-0.4, -0.2) is 31.3 Å². The van der Waals surface area contributed by atoms with Crippen molar-refractivity contribution >= 4 is 11.1 Å². The van der Waals surface area contributed by atoms with Crippen LogP contribution in [0.2, 0.25) is 0 Å². The fourth-order valence-corrected chi connectivity index (χ4v) is 5.04. The molecule has 0 unspecified atom stereocenters. The van der Waals surface area contributed by atoms with E-state index in [-0.39, 0.29) is 11.9 Å². The van der Waals surface area contributed by atoms with Gasteiger partial charge in [0.05, 0.1) is 13.1 Å². The van der Waals surface area contributed by atoms with E-state index < -0.39 is 0 Å². The molecule has 2 heterocycles. The van der Waals surface area contributed by atoms with Crippen molar-refractivity contribution in [3.8, 4) is 17.2 Å². The number of phenols is 1. The number of benzene rings is 3. The number of phenolic OH excluding ortho intramolecular Hbond substituents is 1. The lowest BCUT2D eigenvalue weighted by Gasteiger charge is -2.31. The summed E-state index contributed by atoms with van der Waals surface area (Å²) >= 11 is 0. The smallest absolute Gasteiger partial charge is 0.150 e. The second kappa shape index (κ2) is 9.72. The predicted octanol–water partition coefficient (Wildman–Crippen LogP) is 4.90. The number of fused-ring (bicyclic) bond motifs is 1. The van der Waals surface area contributed by atoms with Gasteiger partial charge in [-0.1, -0.05) is 42.5 Å². The third-order valence-electron chi connectivity index (χ3n) is 6.83. The Balaban J connectivity index is 1.38. The standard InChI is InChI=1S/C29H31NO3/c1-21-26-10-3-4-11-27(26)33-29(28(21)23-8-7-9-24(31)20-23)22-12-14-25(15-13-22)32-19-18-30-16-5-2-6-17-30/h3-4,7-15,20,29,31H,2,5-6,16-19H2,1H3/p+1/t29-/m0/s1. The Morgan fingerprint density at radius 3 is 2.52 bits per heavy atom. The molecule has 0 aliphatic carbocycles. The zero-order valence-electron chi connectivity index (χ0n) is 19.2. The number of hydrogen-bond donors (Lipinski definition) is 2. The Bertz CT molecular complexity index is 1130. The van der Waals surface area contributed by atoms with Crippen LogP contribution in [0.25, 0.3) is 11.1 Å². The van der Waals surface area contributed by atoms with Crippen molar-refractivity contribution in [2.24, 2.45) is 0 Å². The number of likely N-dealkylation sites (tertiary alicyclic amines) is 1. The van der Waals surface area contributed by atoms with Crippen LogP contribution in [0.5, 0.6) is 17.2 Å². The lowest BCUT2D eigenvalue weighted by atomic mass is 9.86. The van der Waals surface area contributed by atoms with Crippen LogP contribution in [0, 0.1) is 0 Å². The molecule has 2 aliphatic rings. The van der Waals surface area contributed by atoms with E-state index in [4.69, 9.17) is 9.47 Å². The maximum absolute atomic E-state index is 10.1. The molecule has 0 radical (unpaired) electrons. The summed E-state index contributed by atoms with van der Waals surface area (Å²) in [7, 11) is 0. The summed E-state index contributed by atoms with van der Waals surface area (Å²) < 4.78 is 12.6. The van der Waals surface area contributed by atoms with E-state index in [9.17, 15) is 5.11 Å². The molecule has 4 heteroatoms. The number of quaternary nitrogens is 1. The zero-order valence-corrected chi connectivity index (χ0v) is 19.2. The maximum atomic E-state index is 10.1. The van der Waals surface area contributed by atoms with Crippen molar-refractivity contribution in [3.05, 3.63) is 89.5 Å². The highest BCUT2D eigenvalue weighted by molar-refractivity contribution is 5.95. The van der Waals surface area contributed by atoms with Crippen LogP contribution in [0.1, 0.15) is 49.0 Å². The number of nitrogens with one attached hydrogen (secondary N) is 1. The second-order valence-electron chi connectivity index (χ2n) is 9.06. The first kappa shape index (κ1) is 21.6. The fraction of sp³-hybridized carbons (Fsp3) is 0.310. The highest BCUT2D eigenvalue weighted by Gasteiger charge is 2.29. The first-order chi connectivity index (χ1) is 16.2. The Morgan fingerprint density at radius 2 is 1.73 bits per heavy atom. The van der Waals surface area contributed by atoms with Crippen molar-refractivity contribution in [2.45, 2.75) is 32.3 Å². The molecule has 1 saturated heterocycles. The Morgan fingerprint density at radius 1 is 0.939 bits per heavy atom. The lowest BCUT2D eigenvalue weighted by molar-refractivity contribution is -0.904. The Kier molecular flexibility index (Phi) is 6.36. The third-order valence-corrected chi connectivity index (χ3v) is 6.83. The van der Waals surface area contributed by atoms with E-state index in [1.807, 2.05) is 48.5 Å². The molecule has 1 fully saturated rings. The van der Waals surface area contributed by atoms with Gasteiger partial charge >= 0.3 is 0 Å². The minimum atomic E-state index is -0.256. The summed E-state index contributed by atoms with van der Waals surface area (Å²) in [6.45, 7) is 6.48. The number of hydrogen-bond acceptors (Lipinski definition) is 3. The average Bonchev–Trinajstić information content (AvgIpc) is 2.85. The molecule has 0 spiro atoms. The van der Waals surface area contributed by atoms with Gasteiger partial charge < -0.3 is 19.5 Å². The van der Waals surface area contributed by atoms with Crippen LogP contribution >= 0.6 is 0 Å². The van der Waals surface area contributed by atoms with Gasteiger partial charge in [0.25, 0.3) is 0 Å². The van der Waals surface area contributed by atoms with Gasteiger partial charge in [-0.3, -0.25) is 0 Å². The number of para-hydroxylation sites is 1. The molecule has 0 bridgehead atoms. The molecule has 0 saturated carbocycles. The van der Waals surface area contributed by atoms with Gasteiger partial charge in [-0.25, -0.2) is 0 Å². The predicted molar refractivity (Wildman–Crippen MR) is 132 cm³/mol. The summed E-state index contributed by atoms with van der Waals surface area (Å²) in [5, 5.41) is 10.1. The van der Waals surface area contributed by atoms with Gasteiger partial charge in [0.15, 0.2) is 0 Å². The van der Waals surface area contributed by atoms with Gasteiger partial charge in [-0.15, -0.1) is 0 Å². The monoisotopic (exact) mass is 442 g/mol. The third kappa shape index (κ3) is 4.76. The quantitative estimate of drug-likeness (QED) is 0.570. The number of piperidine rings is 1. The van der Waals surface area contributed by atoms with Crippen molar-refractivity contribution in [2.75, 3.05) is 26.2 Å². The van der Waals surface area contributed by atoms with E-state index >= 15 is 0 Å². The number of aromatic hydroxyl groups is 1. The summed E-state index contributed by atoms with van der Waals surface area (Å²) in [6.07, 6.45) is 3.79. The van der Waals surface area contributed by atoms with Crippen molar-refractivity contribution < 1.29 is 19.5 Å². The minimum absolute atomic E-state index is 0.255. The van der Waals surface area contributed by atoms with Crippen LogP contribution < -0.4 is 14.4 Å². The average molecular weight is 443 g/mol. The van der Waals surface area contributed by atoms with E-state index in [1.54, 1.807) is 11.0 Å². The fourth-order valence-electron chi connectivity index (χ4n) is 5.04. The maximum Gasteiger partial charge on any atom is 0.150 e. The Labute approximate surface area is 196 Å². The second-order valence-corrected chi connectivity index (χ2v) is 9.06. The molecule has 2 N–H and O–H groups in total. The molecule has 3 aromatic carbocycles. The van der Waals surface area contributed by atoms with E-state index in [0.29, 0.717) is 0 Å². The highest BCUT2D eigenvalue weighted by Crippen LogP contribution is 2.46. The molecule has 170 valence electrons. The number of allylic oxidation sites excluding steroid dienone is 1. The molecule has 0 aromatic heterocycles. The topological polar surface area (TPSA) is 43.1 Å². The summed E-state index contributed by atoms with van der Waals surface area (Å²) in [6, 6.07) is 23.8.